The second-order valence-electron chi connectivity index (χ2n) is 8.13. The van der Waals surface area contributed by atoms with Crippen LogP contribution in [-0.2, 0) is 9.59 Å². The van der Waals surface area contributed by atoms with E-state index in [1.54, 1.807) is 4.90 Å². The van der Waals surface area contributed by atoms with E-state index >= 15 is 0 Å². The van der Waals surface area contributed by atoms with Crippen LogP contribution in [0.25, 0.3) is 0 Å². The van der Waals surface area contributed by atoms with Crippen LogP contribution in [0.1, 0.15) is 45.4 Å². The van der Waals surface area contributed by atoms with Gasteiger partial charge in [-0.25, -0.2) is 0 Å². The normalized spacial score (nSPS) is 45.3. The van der Waals surface area contributed by atoms with Crippen LogP contribution < -0.4 is 0 Å². The smallest absolute Gasteiger partial charge is 0.244 e. The first-order chi connectivity index (χ1) is 9.98. The van der Waals surface area contributed by atoms with Gasteiger partial charge < -0.3 is 9.80 Å². The summed E-state index contributed by atoms with van der Waals surface area (Å²) in [6.07, 6.45) is 7.32. The van der Waals surface area contributed by atoms with Gasteiger partial charge in [0, 0.05) is 20.1 Å². The summed E-state index contributed by atoms with van der Waals surface area (Å²) in [5.41, 5.74) is -0.112. The molecule has 4 heteroatoms. The second-order valence-corrected chi connectivity index (χ2v) is 8.13. The summed E-state index contributed by atoms with van der Waals surface area (Å²) in [7, 11) is 1.84. The van der Waals surface area contributed by atoms with Crippen molar-refractivity contribution in [2.75, 3.05) is 20.1 Å². The van der Waals surface area contributed by atoms with Crippen LogP contribution in [0.3, 0.4) is 0 Å². The lowest BCUT2D eigenvalue weighted by Gasteiger charge is -2.57. The maximum Gasteiger partial charge on any atom is 0.244 e. The highest BCUT2D eigenvalue weighted by Crippen LogP contribution is 2.60. The Morgan fingerprint density at radius 3 is 2.10 bits per heavy atom. The third-order valence-electron chi connectivity index (χ3n) is 6.63. The number of hydrogen-bond acceptors (Lipinski definition) is 2. The number of piperazine rings is 1. The predicted octanol–water partition coefficient (Wildman–Crippen LogP) is 1.89. The van der Waals surface area contributed by atoms with Crippen LogP contribution in [0, 0.1) is 23.2 Å². The Balaban J connectivity index is 1.58. The highest BCUT2D eigenvalue weighted by Gasteiger charge is 2.56. The molecule has 116 valence electrons. The molecule has 0 aromatic rings. The van der Waals surface area contributed by atoms with Crippen LogP contribution in [0.2, 0.25) is 0 Å². The van der Waals surface area contributed by atoms with Crippen molar-refractivity contribution in [2.45, 2.75) is 51.5 Å². The van der Waals surface area contributed by atoms with Gasteiger partial charge in [0.05, 0.1) is 5.41 Å². The zero-order valence-corrected chi connectivity index (χ0v) is 13.2. The van der Waals surface area contributed by atoms with Gasteiger partial charge in [-0.15, -0.1) is 0 Å². The molecule has 0 radical (unpaired) electrons. The molecule has 1 atom stereocenters. The van der Waals surface area contributed by atoms with E-state index < -0.39 is 0 Å². The number of nitrogens with zero attached hydrogens (tertiary/aromatic N) is 2. The Labute approximate surface area is 126 Å². The van der Waals surface area contributed by atoms with Gasteiger partial charge in [0.1, 0.15) is 6.04 Å². The SMILES string of the molecule is CC1C(=O)N(C)CCN1C(=O)C12CC3CC(CC(C3)C1)C2. The van der Waals surface area contributed by atoms with Gasteiger partial charge >= 0.3 is 0 Å². The molecule has 4 nitrogen and oxygen atoms in total. The van der Waals surface area contributed by atoms with Crippen molar-refractivity contribution in [3.63, 3.8) is 0 Å². The van der Waals surface area contributed by atoms with Crippen molar-refractivity contribution < 1.29 is 9.59 Å². The Bertz CT molecular complexity index is 452. The molecule has 4 saturated carbocycles. The summed E-state index contributed by atoms with van der Waals surface area (Å²) in [6, 6.07) is -0.274. The van der Waals surface area contributed by atoms with E-state index in [2.05, 4.69) is 0 Å². The molecule has 1 heterocycles. The van der Waals surface area contributed by atoms with Crippen molar-refractivity contribution in [3.8, 4) is 0 Å². The van der Waals surface area contributed by atoms with Gasteiger partial charge in [-0.2, -0.15) is 0 Å². The third kappa shape index (κ3) is 1.94. The average molecular weight is 290 g/mol. The van der Waals surface area contributed by atoms with Crippen LogP contribution in [0.4, 0.5) is 0 Å². The van der Waals surface area contributed by atoms with Crippen LogP contribution in [0.5, 0.6) is 0 Å². The summed E-state index contributed by atoms with van der Waals surface area (Å²) in [6.45, 7) is 3.29. The lowest BCUT2D eigenvalue weighted by molar-refractivity contribution is -0.166. The minimum atomic E-state index is -0.274. The maximum atomic E-state index is 13.3. The number of hydrogen-bond donors (Lipinski definition) is 0. The van der Waals surface area contributed by atoms with Gasteiger partial charge in [0.2, 0.25) is 11.8 Å². The molecule has 1 saturated heterocycles. The van der Waals surface area contributed by atoms with Crippen molar-refractivity contribution in [2.24, 2.45) is 23.2 Å². The highest BCUT2D eigenvalue weighted by molar-refractivity contribution is 5.91. The Morgan fingerprint density at radius 2 is 1.57 bits per heavy atom. The summed E-state index contributed by atoms with van der Waals surface area (Å²) >= 11 is 0. The largest absolute Gasteiger partial charge is 0.342 e. The lowest BCUT2D eigenvalue weighted by Crippen LogP contribution is -2.62. The topological polar surface area (TPSA) is 40.6 Å². The van der Waals surface area contributed by atoms with Crippen LogP contribution in [0.15, 0.2) is 0 Å². The molecule has 1 unspecified atom stereocenters. The number of rotatable bonds is 1. The van der Waals surface area contributed by atoms with E-state index in [1.165, 1.54) is 19.3 Å². The first-order valence-corrected chi connectivity index (χ1v) is 8.54. The average Bonchev–Trinajstić information content (AvgIpc) is 2.43. The molecule has 0 spiro atoms. The summed E-state index contributed by atoms with van der Waals surface area (Å²) in [5, 5.41) is 0. The van der Waals surface area contributed by atoms with Gasteiger partial charge in [-0.05, 0) is 63.2 Å². The Morgan fingerprint density at radius 1 is 1.05 bits per heavy atom. The molecular formula is C17H26N2O2. The molecule has 0 aromatic heterocycles. The zero-order valence-electron chi connectivity index (χ0n) is 13.2. The summed E-state index contributed by atoms with van der Waals surface area (Å²) in [5.74, 6) is 2.73. The van der Waals surface area contributed by atoms with Crippen LogP contribution in [-0.4, -0.2) is 47.8 Å². The molecule has 4 aliphatic carbocycles. The fourth-order valence-corrected chi connectivity index (χ4v) is 5.97. The van der Waals surface area contributed by atoms with Gasteiger partial charge in [0.15, 0.2) is 0 Å². The van der Waals surface area contributed by atoms with Gasteiger partial charge in [-0.3, -0.25) is 9.59 Å². The minimum Gasteiger partial charge on any atom is -0.342 e. The van der Waals surface area contributed by atoms with Crippen molar-refractivity contribution in [3.05, 3.63) is 0 Å². The Kier molecular flexibility index (Phi) is 2.89. The first kappa shape index (κ1) is 13.6. The molecular weight excluding hydrogens is 264 g/mol. The molecule has 0 aromatic carbocycles. The monoisotopic (exact) mass is 290 g/mol. The fraction of sp³-hybridized carbons (Fsp3) is 0.882. The molecule has 5 fully saturated rings. The molecule has 4 bridgehead atoms. The van der Waals surface area contributed by atoms with Gasteiger partial charge in [-0.1, -0.05) is 0 Å². The summed E-state index contributed by atoms with van der Waals surface area (Å²) in [4.78, 5) is 29.1. The van der Waals surface area contributed by atoms with E-state index in [1.807, 2.05) is 18.9 Å². The minimum absolute atomic E-state index is 0.0966. The van der Waals surface area contributed by atoms with Gasteiger partial charge in [0.25, 0.3) is 0 Å². The van der Waals surface area contributed by atoms with E-state index in [0.717, 1.165) is 37.0 Å². The first-order valence-electron chi connectivity index (χ1n) is 8.54. The maximum absolute atomic E-state index is 13.3. The standard InChI is InChI=1S/C17H26N2O2/c1-11-15(20)18(2)3-4-19(11)16(21)17-8-12-5-13(9-17)7-14(6-12)10-17/h11-14H,3-10H2,1-2H3. The number of carbonyl (C=O) groups is 2. The van der Waals surface area contributed by atoms with E-state index in [4.69, 9.17) is 0 Å². The number of likely N-dealkylation sites (N-methyl/N-ethyl adjacent to an activating group) is 1. The molecule has 2 amide bonds. The van der Waals surface area contributed by atoms with E-state index in [-0.39, 0.29) is 17.4 Å². The quantitative estimate of drug-likeness (QED) is 0.740. The molecule has 5 rings (SSSR count). The van der Waals surface area contributed by atoms with Crippen molar-refractivity contribution >= 4 is 11.8 Å². The molecule has 21 heavy (non-hydrogen) atoms. The van der Waals surface area contributed by atoms with Crippen molar-refractivity contribution in [1.29, 1.82) is 0 Å². The van der Waals surface area contributed by atoms with Crippen LogP contribution >= 0.6 is 0 Å². The number of carbonyl (C=O) groups excluding carboxylic acids is 2. The van der Waals surface area contributed by atoms with Crippen molar-refractivity contribution in [1.82, 2.24) is 9.80 Å². The van der Waals surface area contributed by atoms with E-state index in [0.29, 0.717) is 19.0 Å². The molecule has 0 N–H and O–H groups in total. The third-order valence-corrected chi connectivity index (χ3v) is 6.63. The fourth-order valence-electron chi connectivity index (χ4n) is 5.97. The Hall–Kier alpha value is -1.06. The predicted molar refractivity (Wildman–Crippen MR) is 79.4 cm³/mol. The number of amides is 2. The second kappa shape index (κ2) is 4.47. The summed E-state index contributed by atoms with van der Waals surface area (Å²) < 4.78 is 0. The molecule has 5 aliphatic rings. The molecule has 1 aliphatic heterocycles. The zero-order chi connectivity index (χ0) is 14.8. The van der Waals surface area contributed by atoms with E-state index in [9.17, 15) is 9.59 Å². The highest BCUT2D eigenvalue weighted by atomic mass is 16.2. The lowest BCUT2D eigenvalue weighted by atomic mass is 9.49.